The van der Waals surface area contributed by atoms with Crippen molar-refractivity contribution < 1.29 is 0 Å². The second-order valence-electron chi connectivity index (χ2n) is 3.10. The summed E-state index contributed by atoms with van der Waals surface area (Å²) in [4.78, 5) is 4.48. The molecule has 0 bridgehead atoms. The van der Waals surface area contributed by atoms with Crippen LogP contribution in [0.5, 0.6) is 0 Å². The Morgan fingerprint density at radius 2 is 2.00 bits per heavy atom. The van der Waals surface area contributed by atoms with Crippen molar-refractivity contribution in [3.63, 3.8) is 0 Å². The van der Waals surface area contributed by atoms with Gasteiger partial charge in [-0.25, -0.2) is 0 Å². The van der Waals surface area contributed by atoms with Crippen LogP contribution in [0.25, 0.3) is 10.9 Å². The normalized spacial score (nSPS) is 10.4. The Bertz CT molecular complexity index is 423. The van der Waals surface area contributed by atoms with Gasteiger partial charge in [-0.05, 0) is 18.4 Å². The van der Waals surface area contributed by atoms with Crippen molar-refractivity contribution in [3.8, 4) is 0 Å². The van der Waals surface area contributed by atoms with E-state index in [0.29, 0.717) is 0 Å². The van der Waals surface area contributed by atoms with E-state index in [1.54, 1.807) is 0 Å². The molecule has 0 aliphatic rings. The fraction of sp³-hybridized carbons (Fsp3) is 0.100. The van der Waals surface area contributed by atoms with Crippen LogP contribution in [0.4, 0.5) is 0 Å². The smallest absolute Gasteiger partial charge is 0.142 e. The van der Waals surface area contributed by atoms with Crippen molar-refractivity contribution in [3.05, 3.63) is 36.0 Å². The lowest BCUT2D eigenvalue weighted by atomic mass is 9.93. The van der Waals surface area contributed by atoms with Crippen LogP contribution < -0.4 is 5.46 Å². The molecule has 0 radical (unpaired) electrons. The third-order valence-corrected chi connectivity index (χ3v) is 2.06. The van der Waals surface area contributed by atoms with E-state index in [1.807, 2.05) is 13.0 Å². The molecule has 0 aliphatic heterocycles. The molecule has 0 atom stereocenters. The highest BCUT2D eigenvalue weighted by Gasteiger charge is 1.96. The van der Waals surface area contributed by atoms with Gasteiger partial charge in [0.2, 0.25) is 0 Å². The highest BCUT2D eigenvalue weighted by atomic mass is 14.7. The molecule has 0 aliphatic carbocycles. The zero-order valence-corrected chi connectivity index (χ0v) is 7.33. The standard InChI is InChI=1S/C10H10BN/c1-7-5-6-8-3-2-4-9(11)10(8)12-7/h2-6H,11H2,1H3. The van der Waals surface area contributed by atoms with Crippen molar-refractivity contribution in [1.82, 2.24) is 4.98 Å². The van der Waals surface area contributed by atoms with Gasteiger partial charge in [0.15, 0.2) is 0 Å². The summed E-state index contributed by atoms with van der Waals surface area (Å²) in [6.07, 6.45) is 0. The topological polar surface area (TPSA) is 12.9 Å². The number of aryl methyl sites for hydroxylation is 1. The minimum Gasteiger partial charge on any atom is -0.254 e. The first-order valence-corrected chi connectivity index (χ1v) is 4.10. The summed E-state index contributed by atoms with van der Waals surface area (Å²) in [6.45, 7) is 2.02. The Balaban J connectivity index is 2.88. The third kappa shape index (κ3) is 1.09. The second-order valence-corrected chi connectivity index (χ2v) is 3.10. The molecule has 1 heterocycles. The van der Waals surface area contributed by atoms with Gasteiger partial charge < -0.3 is 0 Å². The van der Waals surface area contributed by atoms with E-state index >= 15 is 0 Å². The Hall–Kier alpha value is -1.31. The SMILES string of the molecule is Bc1cccc2ccc(C)nc12. The van der Waals surface area contributed by atoms with Crippen LogP contribution in [0, 0.1) is 6.92 Å². The minimum atomic E-state index is 1.08. The first-order valence-electron chi connectivity index (χ1n) is 4.10. The molecule has 2 rings (SSSR count). The van der Waals surface area contributed by atoms with E-state index < -0.39 is 0 Å². The highest BCUT2D eigenvalue weighted by molar-refractivity contribution is 6.38. The molecule has 0 saturated carbocycles. The predicted molar refractivity (Wildman–Crippen MR) is 54.7 cm³/mol. The lowest BCUT2D eigenvalue weighted by Crippen LogP contribution is -2.04. The van der Waals surface area contributed by atoms with Crippen LogP contribution >= 0.6 is 0 Å². The van der Waals surface area contributed by atoms with E-state index in [0.717, 1.165) is 11.2 Å². The van der Waals surface area contributed by atoms with E-state index in [2.05, 4.69) is 37.1 Å². The number of nitrogens with zero attached hydrogens (tertiary/aromatic N) is 1. The number of hydrogen-bond donors (Lipinski definition) is 0. The fourth-order valence-electron chi connectivity index (χ4n) is 1.39. The zero-order valence-electron chi connectivity index (χ0n) is 7.33. The highest BCUT2D eigenvalue weighted by Crippen LogP contribution is 2.08. The molecule has 1 aromatic carbocycles. The monoisotopic (exact) mass is 155 g/mol. The van der Waals surface area contributed by atoms with Crippen molar-refractivity contribution in [2.45, 2.75) is 6.92 Å². The molecule has 0 N–H and O–H groups in total. The van der Waals surface area contributed by atoms with Gasteiger partial charge in [0.25, 0.3) is 0 Å². The lowest BCUT2D eigenvalue weighted by molar-refractivity contribution is 1.26. The molecular weight excluding hydrogens is 145 g/mol. The maximum Gasteiger partial charge on any atom is 0.142 e. The van der Waals surface area contributed by atoms with Crippen LogP contribution in [0.3, 0.4) is 0 Å². The molecule has 1 nitrogen and oxygen atoms in total. The number of fused-ring (bicyclic) bond motifs is 1. The molecule has 0 saturated heterocycles. The van der Waals surface area contributed by atoms with Gasteiger partial charge in [-0.1, -0.05) is 29.7 Å². The summed E-state index contributed by atoms with van der Waals surface area (Å²) < 4.78 is 0. The first kappa shape index (κ1) is 7.35. The molecular formula is C10H10BN. The van der Waals surface area contributed by atoms with Gasteiger partial charge in [-0.15, -0.1) is 0 Å². The van der Waals surface area contributed by atoms with Gasteiger partial charge in [-0.2, -0.15) is 0 Å². The molecule has 58 valence electrons. The number of rotatable bonds is 0. The lowest BCUT2D eigenvalue weighted by Gasteiger charge is -2.01. The summed E-state index contributed by atoms with van der Waals surface area (Å²) in [7, 11) is 2.09. The predicted octanol–water partition coefficient (Wildman–Crippen LogP) is 0.802. The van der Waals surface area contributed by atoms with Crippen molar-refractivity contribution in [2.24, 2.45) is 0 Å². The summed E-state index contributed by atoms with van der Waals surface area (Å²) in [6, 6.07) is 10.4. The van der Waals surface area contributed by atoms with Gasteiger partial charge in [0.1, 0.15) is 7.85 Å². The number of pyridine rings is 1. The molecule has 0 unspecified atom stereocenters. The van der Waals surface area contributed by atoms with E-state index in [9.17, 15) is 0 Å². The summed E-state index contributed by atoms with van der Waals surface area (Å²) in [5.41, 5.74) is 3.45. The van der Waals surface area contributed by atoms with E-state index in [1.165, 1.54) is 10.8 Å². The molecule has 2 heteroatoms. The van der Waals surface area contributed by atoms with Gasteiger partial charge >= 0.3 is 0 Å². The molecule has 1 aromatic heterocycles. The molecule has 0 amide bonds. The van der Waals surface area contributed by atoms with Crippen LogP contribution in [0.2, 0.25) is 0 Å². The maximum absolute atomic E-state index is 4.48. The van der Waals surface area contributed by atoms with Gasteiger partial charge in [0, 0.05) is 5.69 Å². The van der Waals surface area contributed by atoms with Crippen LogP contribution in [0.15, 0.2) is 30.3 Å². The summed E-state index contributed by atoms with van der Waals surface area (Å²) >= 11 is 0. The van der Waals surface area contributed by atoms with E-state index in [-0.39, 0.29) is 0 Å². The number of hydrogen-bond acceptors (Lipinski definition) is 1. The van der Waals surface area contributed by atoms with Crippen molar-refractivity contribution in [1.29, 1.82) is 0 Å². The van der Waals surface area contributed by atoms with E-state index in [4.69, 9.17) is 0 Å². The van der Waals surface area contributed by atoms with Crippen LogP contribution in [0.1, 0.15) is 5.69 Å². The van der Waals surface area contributed by atoms with Gasteiger partial charge in [-0.3, -0.25) is 4.98 Å². The summed E-state index contributed by atoms with van der Waals surface area (Å²) in [5, 5.41) is 1.22. The minimum absolute atomic E-state index is 1.08. The second kappa shape index (κ2) is 2.63. The zero-order chi connectivity index (χ0) is 8.55. The third-order valence-electron chi connectivity index (χ3n) is 2.06. The molecule has 0 spiro atoms. The molecule has 12 heavy (non-hydrogen) atoms. The number of benzene rings is 1. The number of aromatic nitrogens is 1. The van der Waals surface area contributed by atoms with Crippen molar-refractivity contribution in [2.75, 3.05) is 0 Å². The Morgan fingerprint density at radius 1 is 1.17 bits per heavy atom. The van der Waals surface area contributed by atoms with Gasteiger partial charge in [0.05, 0.1) is 5.52 Å². The summed E-state index contributed by atoms with van der Waals surface area (Å²) in [5.74, 6) is 0. The largest absolute Gasteiger partial charge is 0.254 e. The first-order chi connectivity index (χ1) is 5.77. The maximum atomic E-state index is 4.48. The average molecular weight is 155 g/mol. The average Bonchev–Trinajstić information content (AvgIpc) is 2.07. The molecule has 0 fully saturated rings. The Labute approximate surface area is 72.8 Å². The Kier molecular flexibility index (Phi) is 1.61. The quantitative estimate of drug-likeness (QED) is 0.513. The molecule has 2 aromatic rings. The number of para-hydroxylation sites is 1. The van der Waals surface area contributed by atoms with Crippen molar-refractivity contribution >= 4 is 24.2 Å². The Morgan fingerprint density at radius 3 is 2.83 bits per heavy atom. The van der Waals surface area contributed by atoms with Crippen LogP contribution in [-0.4, -0.2) is 12.8 Å². The van der Waals surface area contributed by atoms with Crippen LogP contribution in [-0.2, 0) is 0 Å². The fourth-order valence-corrected chi connectivity index (χ4v) is 1.39.